The third-order valence-corrected chi connectivity index (χ3v) is 1.73. The Hall–Kier alpha value is -1.03. The van der Waals surface area contributed by atoms with Crippen molar-refractivity contribution >= 4 is 9.84 Å². The van der Waals surface area contributed by atoms with E-state index in [1.165, 1.54) is 0 Å². The smallest absolute Gasteiger partial charge is 0.188 e. The van der Waals surface area contributed by atoms with Crippen molar-refractivity contribution in [2.45, 2.75) is 0 Å². The lowest BCUT2D eigenvalue weighted by atomic mass is 10.3. The van der Waals surface area contributed by atoms with E-state index in [0.29, 0.717) is 5.75 Å². The topological polar surface area (TPSA) is 43.4 Å². The molecular weight excluding hydrogens is 176 g/mol. The summed E-state index contributed by atoms with van der Waals surface area (Å²) in [5.74, 6) is 0.305. The molecule has 0 saturated carbocycles. The van der Waals surface area contributed by atoms with Gasteiger partial charge < -0.3 is 4.74 Å². The largest absolute Gasteiger partial charge is 0.478 e. The molecule has 1 aromatic carbocycles. The first-order chi connectivity index (χ1) is 5.58. The fraction of sp³-hybridized carbons (Fsp3) is 0.250. The first-order valence-electron chi connectivity index (χ1n) is 3.43. The van der Waals surface area contributed by atoms with Gasteiger partial charge in [-0.05, 0) is 12.1 Å². The Labute approximate surface area is 71.9 Å². The first kappa shape index (κ1) is 9.06. The predicted octanol–water partition coefficient (Wildman–Crippen LogP) is 1.07. The minimum absolute atomic E-state index is 0.267. The van der Waals surface area contributed by atoms with E-state index >= 15 is 0 Å². The maximum absolute atomic E-state index is 10.7. The van der Waals surface area contributed by atoms with Crippen LogP contribution in [-0.4, -0.2) is 20.6 Å². The lowest BCUT2D eigenvalue weighted by molar-refractivity contribution is 0.378. The third-order valence-electron chi connectivity index (χ3n) is 1.18. The fourth-order valence-corrected chi connectivity index (χ4v) is 1.04. The van der Waals surface area contributed by atoms with E-state index < -0.39 is 9.84 Å². The highest BCUT2D eigenvalue weighted by Crippen LogP contribution is 2.08. The second-order valence-corrected chi connectivity index (χ2v) is 4.59. The molecule has 0 radical (unpaired) electrons. The molecule has 1 rings (SSSR count). The Morgan fingerprint density at radius 3 is 2.33 bits per heavy atom. The molecule has 3 nitrogen and oxygen atoms in total. The van der Waals surface area contributed by atoms with Crippen LogP contribution >= 0.6 is 0 Å². The van der Waals surface area contributed by atoms with Crippen molar-refractivity contribution in [1.29, 1.82) is 0 Å². The molecule has 0 spiro atoms. The number of sulfone groups is 1. The number of ether oxygens (including phenoxy) is 1. The van der Waals surface area contributed by atoms with Crippen LogP contribution in [0.2, 0.25) is 0 Å². The second kappa shape index (κ2) is 3.58. The van der Waals surface area contributed by atoms with Gasteiger partial charge in [-0.25, -0.2) is 8.42 Å². The van der Waals surface area contributed by atoms with Crippen LogP contribution in [0.25, 0.3) is 0 Å². The molecule has 0 aliphatic carbocycles. The predicted molar refractivity (Wildman–Crippen MR) is 46.8 cm³/mol. The zero-order valence-electron chi connectivity index (χ0n) is 6.73. The Morgan fingerprint density at radius 1 is 1.25 bits per heavy atom. The summed E-state index contributed by atoms with van der Waals surface area (Å²) in [5, 5.41) is 0. The van der Waals surface area contributed by atoms with E-state index in [1.807, 2.05) is 6.07 Å². The average Bonchev–Trinajstić information content (AvgIpc) is 2.02. The van der Waals surface area contributed by atoms with Crippen molar-refractivity contribution in [3.8, 4) is 5.75 Å². The zero-order valence-corrected chi connectivity index (χ0v) is 7.54. The third kappa shape index (κ3) is 3.39. The van der Waals surface area contributed by atoms with E-state index in [-0.39, 0.29) is 5.94 Å². The number of hydrogen-bond donors (Lipinski definition) is 0. The van der Waals surface area contributed by atoms with Gasteiger partial charge >= 0.3 is 0 Å². The van der Waals surface area contributed by atoms with Crippen LogP contribution in [0.1, 0.15) is 0 Å². The van der Waals surface area contributed by atoms with Gasteiger partial charge in [-0.2, -0.15) is 0 Å². The van der Waals surface area contributed by atoms with Gasteiger partial charge in [-0.3, -0.25) is 0 Å². The molecule has 0 aliphatic heterocycles. The first-order valence-corrected chi connectivity index (χ1v) is 5.49. The highest BCUT2D eigenvalue weighted by molar-refractivity contribution is 7.90. The van der Waals surface area contributed by atoms with E-state index in [0.717, 1.165) is 6.26 Å². The summed E-state index contributed by atoms with van der Waals surface area (Å²) in [5.41, 5.74) is 0. The Kier molecular flexibility index (Phi) is 2.70. The molecule has 0 amide bonds. The molecule has 0 atom stereocenters. The molecule has 0 aromatic heterocycles. The monoisotopic (exact) mass is 186 g/mol. The van der Waals surface area contributed by atoms with Gasteiger partial charge in [-0.15, -0.1) is 0 Å². The molecule has 4 heteroatoms. The summed E-state index contributed by atoms with van der Waals surface area (Å²) in [6.07, 6.45) is 1.13. The number of benzene rings is 1. The average molecular weight is 186 g/mol. The number of rotatable bonds is 3. The summed E-state index contributed by atoms with van der Waals surface area (Å²) in [4.78, 5) is 0. The minimum atomic E-state index is -3.04. The van der Waals surface area contributed by atoms with Crippen LogP contribution in [0.3, 0.4) is 0 Å². The molecule has 12 heavy (non-hydrogen) atoms. The highest BCUT2D eigenvalue weighted by Gasteiger charge is 2.01. The van der Waals surface area contributed by atoms with E-state index in [2.05, 4.69) is 0 Å². The zero-order chi connectivity index (χ0) is 9.03. The van der Waals surface area contributed by atoms with Gasteiger partial charge in [0, 0.05) is 6.26 Å². The number of para-hydroxylation sites is 1. The molecule has 66 valence electrons. The van der Waals surface area contributed by atoms with E-state index in [9.17, 15) is 8.42 Å². The van der Waals surface area contributed by atoms with Crippen LogP contribution < -0.4 is 4.74 Å². The normalized spacial score (nSPS) is 11.1. The Morgan fingerprint density at radius 2 is 1.83 bits per heavy atom. The molecular formula is C8H10O3S. The summed E-state index contributed by atoms with van der Waals surface area (Å²) in [7, 11) is -3.04. The van der Waals surface area contributed by atoms with Gasteiger partial charge in [0.1, 0.15) is 5.75 Å². The van der Waals surface area contributed by atoms with Crippen molar-refractivity contribution in [3.63, 3.8) is 0 Å². The van der Waals surface area contributed by atoms with Crippen molar-refractivity contribution in [1.82, 2.24) is 0 Å². The molecule has 0 aliphatic rings. The van der Waals surface area contributed by atoms with Gasteiger partial charge in [0.25, 0.3) is 0 Å². The quantitative estimate of drug-likeness (QED) is 0.709. The van der Waals surface area contributed by atoms with E-state index in [4.69, 9.17) is 4.74 Å². The van der Waals surface area contributed by atoms with Crippen molar-refractivity contribution in [3.05, 3.63) is 30.3 Å². The van der Waals surface area contributed by atoms with Gasteiger partial charge in [0.2, 0.25) is 0 Å². The Balaban J connectivity index is 2.56. The molecule has 0 bridgehead atoms. The fourth-order valence-electron chi connectivity index (χ4n) is 0.692. The lowest BCUT2D eigenvalue weighted by Gasteiger charge is -2.02. The molecule has 0 N–H and O–H groups in total. The standard InChI is InChI=1S/C8H10O3S/c1-12(9,10)7-11-8-5-3-2-4-6-8/h2-6H,7H2,1H3. The SMILES string of the molecule is CS(=O)(=O)COc1ccccc1. The molecule has 0 fully saturated rings. The van der Waals surface area contributed by atoms with Gasteiger partial charge in [0.05, 0.1) is 0 Å². The van der Waals surface area contributed by atoms with Crippen molar-refractivity contribution < 1.29 is 13.2 Å². The van der Waals surface area contributed by atoms with E-state index in [1.54, 1.807) is 24.3 Å². The molecule has 0 heterocycles. The van der Waals surface area contributed by atoms with Crippen LogP contribution in [-0.2, 0) is 9.84 Å². The van der Waals surface area contributed by atoms with Crippen molar-refractivity contribution in [2.75, 3.05) is 12.2 Å². The Bertz CT molecular complexity index is 329. The van der Waals surface area contributed by atoms with Crippen molar-refractivity contribution in [2.24, 2.45) is 0 Å². The lowest BCUT2D eigenvalue weighted by Crippen LogP contribution is -2.09. The molecule has 1 aromatic rings. The molecule has 0 unspecified atom stereocenters. The summed E-state index contributed by atoms with van der Waals surface area (Å²) < 4.78 is 26.3. The van der Waals surface area contributed by atoms with Crippen LogP contribution in [0.15, 0.2) is 30.3 Å². The summed E-state index contributed by atoms with van der Waals surface area (Å²) in [6.45, 7) is 0. The number of hydrogen-bond acceptors (Lipinski definition) is 3. The minimum Gasteiger partial charge on any atom is -0.478 e. The maximum atomic E-state index is 10.7. The maximum Gasteiger partial charge on any atom is 0.188 e. The summed E-state index contributed by atoms with van der Waals surface area (Å²) >= 11 is 0. The molecule has 0 saturated heterocycles. The van der Waals surface area contributed by atoms with Crippen LogP contribution in [0.4, 0.5) is 0 Å². The highest BCUT2D eigenvalue weighted by atomic mass is 32.2. The van der Waals surface area contributed by atoms with Crippen LogP contribution in [0, 0.1) is 0 Å². The second-order valence-electron chi connectivity index (χ2n) is 2.50. The van der Waals surface area contributed by atoms with Gasteiger partial charge in [-0.1, -0.05) is 18.2 Å². The van der Waals surface area contributed by atoms with Crippen LogP contribution in [0.5, 0.6) is 5.75 Å². The summed E-state index contributed by atoms with van der Waals surface area (Å²) in [6, 6.07) is 8.85. The van der Waals surface area contributed by atoms with Gasteiger partial charge in [0.15, 0.2) is 15.8 Å².